The van der Waals surface area contributed by atoms with Crippen molar-refractivity contribution < 1.29 is 17.5 Å². The van der Waals surface area contributed by atoms with Crippen LogP contribution in [0.2, 0.25) is 0 Å². The van der Waals surface area contributed by atoms with Crippen LogP contribution in [0, 0.1) is 5.95 Å². The summed E-state index contributed by atoms with van der Waals surface area (Å²) in [7, 11) is -0.109. The lowest BCUT2D eigenvalue weighted by Gasteiger charge is -2.35. The number of piperidine rings is 1. The molecule has 1 saturated heterocycles. The van der Waals surface area contributed by atoms with E-state index in [1.165, 1.54) is 19.4 Å². The lowest BCUT2D eigenvalue weighted by molar-refractivity contribution is 0.415. The predicted molar refractivity (Wildman–Crippen MR) is 120 cm³/mol. The quantitative estimate of drug-likeness (QED) is 0.564. The van der Waals surface area contributed by atoms with E-state index >= 15 is 0 Å². The van der Waals surface area contributed by atoms with Gasteiger partial charge in [0.15, 0.2) is 0 Å². The third-order valence-corrected chi connectivity index (χ3v) is 6.17. The second-order valence-corrected chi connectivity index (χ2v) is 9.62. The van der Waals surface area contributed by atoms with Gasteiger partial charge in [-0.05, 0) is 31.0 Å². The molecule has 1 aliphatic rings. The second-order valence-electron chi connectivity index (χ2n) is 7.88. The van der Waals surface area contributed by atoms with Gasteiger partial charge in [0, 0.05) is 49.4 Å². The molecule has 0 unspecified atom stereocenters. The first-order valence-corrected chi connectivity index (χ1v) is 12.0. The third-order valence-electron chi connectivity index (χ3n) is 5.58. The Morgan fingerprint density at radius 2 is 1.97 bits per heavy atom. The van der Waals surface area contributed by atoms with Crippen LogP contribution >= 0.6 is 0 Å². The average molecular weight is 461 g/mol. The Kier molecular flexibility index (Phi) is 6.00. The third kappa shape index (κ3) is 4.67. The normalized spacial score (nSPS) is 15.1. The Hall–Kier alpha value is -3.21. The van der Waals surface area contributed by atoms with Gasteiger partial charge in [-0.3, -0.25) is 4.72 Å². The fourth-order valence-corrected chi connectivity index (χ4v) is 4.68. The largest absolute Gasteiger partial charge is 0.497 e. The first kappa shape index (κ1) is 22.0. The van der Waals surface area contributed by atoms with Crippen LogP contribution in [-0.2, 0) is 17.1 Å². The molecule has 0 amide bonds. The average Bonchev–Trinajstić information content (AvgIpc) is 3.18. The highest BCUT2D eigenvalue weighted by Crippen LogP contribution is 2.43. The van der Waals surface area contributed by atoms with Gasteiger partial charge in [0.1, 0.15) is 17.9 Å². The molecule has 11 heteroatoms. The molecule has 1 aliphatic heterocycles. The zero-order valence-electron chi connectivity index (χ0n) is 18.1. The van der Waals surface area contributed by atoms with E-state index in [1.807, 2.05) is 17.7 Å². The summed E-state index contributed by atoms with van der Waals surface area (Å²) < 4.78 is 47.7. The van der Waals surface area contributed by atoms with E-state index in [9.17, 15) is 12.8 Å². The number of nitrogens with zero attached hydrogens (tertiary/aromatic N) is 5. The van der Waals surface area contributed by atoms with Gasteiger partial charge in [0.05, 0.1) is 24.7 Å². The molecule has 1 aromatic carbocycles. The van der Waals surface area contributed by atoms with Gasteiger partial charge < -0.3 is 14.2 Å². The van der Waals surface area contributed by atoms with E-state index in [0.717, 1.165) is 24.9 Å². The van der Waals surface area contributed by atoms with Crippen LogP contribution in [-0.4, -0.2) is 54.6 Å². The molecule has 9 nitrogen and oxygen atoms in total. The first-order chi connectivity index (χ1) is 15.2. The van der Waals surface area contributed by atoms with Crippen molar-refractivity contribution in [2.75, 3.05) is 36.1 Å². The number of halogens is 1. The number of hydrogen-bond acceptors (Lipinski definition) is 7. The Morgan fingerprint density at radius 3 is 2.53 bits per heavy atom. The Labute approximate surface area is 186 Å². The number of hydrogen-bond donors (Lipinski definition) is 1. The number of pyridine rings is 1. The Bertz CT molecular complexity index is 1200. The number of sulfonamides is 1. The minimum absolute atomic E-state index is 0.263. The van der Waals surface area contributed by atoms with Crippen LogP contribution in [0.25, 0.3) is 11.1 Å². The van der Waals surface area contributed by atoms with Crippen molar-refractivity contribution in [2.45, 2.75) is 18.8 Å². The SMILES string of the molecule is COc1cc(NS(C)(=O)=O)c(N2CCC(c3nncn3C)CC2)c(-c2ccc(F)nc2)c1. The minimum atomic E-state index is -3.55. The highest BCUT2D eigenvalue weighted by atomic mass is 32.2. The molecule has 0 radical (unpaired) electrons. The van der Waals surface area contributed by atoms with E-state index in [1.54, 1.807) is 18.5 Å². The van der Waals surface area contributed by atoms with E-state index in [2.05, 4.69) is 24.8 Å². The van der Waals surface area contributed by atoms with Crippen LogP contribution < -0.4 is 14.4 Å². The molecule has 0 bridgehead atoms. The van der Waals surface area contributed by atoms with Crippen molar-refractivity contribution in [2.24, 2.45) is 7.05 Å². The molecule has 0 atom stereocenters. The predicted octanol–water partition coefficient (Wildman–Crippen LogP) is 2.78. The van der Waals surface area contributed by atoms with Crippen molar-refractivity contribution >= 4 is 21.4 Å². The highest BCUT2D eigenvalue weighted by molar-refractivity contribution is 7.92. The van der Waals surface area contributed by atoms with Crippen LogP contribution in [0.3, 0.4) is 0 Å². The van der Waals surface area contributed by atoms with Gasteiger partial charge in [-0.2, -0.15) is 4.39 Å². The maximum atomic E-state index is 13.5. The van der Waals surface area contributed by atoms with Gasteiger partial charge in [0.2, 0.25) is 16.0 Å². The van der Waals surface area contributed by atoms with E-state index in [0.29, 0.717) is 41.3 Å². The number of nitrogens with one attached hydrogen (secondary N) is 1. The fraction of sp³-hybridized carbons (Fsp3) is 0.381. The van der Waals surface area contributed by atoms with Crippen molar-refractivity contribution in [3.05, 3.63) is 48.6 Å². The van der Waals surface area contributed by atoms with E-state index in [4.69, 9.17) is 4.74 Å². The number of benzene rings is 1. The summed E-state index contributed by atoms with van der Waals surface area (Å²) >= 11 is 0. The molecular formula is C21H25FN6O3S. The summed E-state index contributed by atoms with van der Waals surface area (Å²) in [6.07, 6.45) is 5.90. The molecule has 170 valence electrons. The molecule has 2 aromatic heterocycles. The number of anilines is 2. The number of ether oxygens (including phenoxy) is 1. The number of aryl methyl sites for hydroxylation is 1. The molecule has 32 heavy (non-hydrogen) atoms. The standard InChI is InChI=1S/C21H25FN6O3S/c1-27-13-24-25-21(27)14-6-8-28(9-7-14)20-17(15-4-5-19(22)23-12-15)10-16(31-2)11-18(20)26-32(3,29)30/h4-5,10-14,26H,6-9H2,1-3H3. The van der Waals surface area contributed by atoms with Crippen LogP contribution in [0.5, 0.6) is 5.75 Å². The first-order valence-electron chi connectivity index (χ1n) is 10.2. The van der Waals surface area contributed by atoms with Crippen molar-refractivity contribution in [1.29, 1.82) is 0 Å². The van der Waals surface area contributed by atoms with Crippen molar-refractivity contribution in [3.8, 4) is 16.9 Å². The number of rotatable bonds is 6. The molecular weight excluding hydrogens is 435 g/mol. The zero-order chi connectivity index (χ0) is 22.9. The molecule has 3 aromatic rings. The van der Waals surface area contributed by atoms with Crippen molar-refractivity contribution in [3.63, 3.8) is 0 Å². The molecule has 1 fully saturated rings. The maximum Gasteiger partial charge on any atom is 0.229 e. The monoisotopic (exact) mass is 460 g/mol. The maximum absolute atomic E-state index is 13.5. The number of aromatic nitrogens is 4. The second kappa shape index (κ2) is 8.73. The highest BCUT2D eigenvalue weighted by Gasteiger charge is 2.28. The summed E-state index contributed by atoms with van der Waals surface area (Å²) in [6.45, 7) is 1.37. The molecule has 0 spiro atoms. The molecule has 3 heterocycles. The smallest absolute Gasteiger partial charge is 0.229 e. The lowest BCUT2D eigenvalue weighted by Crippen LogP contribution is -2.34. The van der Waals surface area contributed by atoms with E-state index < -0.39 is 16.0 Å². The van der Waals surface area contributed by atoms with Crippen molar-refractivity contribution in [1.82, 2.24) is 19.7 Å². The molecule has 4 rings (SSSR count). The minimum Gasteiger partial charge on any atom is -0.497 e. The van der Waals surface area contributed by atoms with Gasteiger partial charge in [0.25, 0.3) is 0 Å². The summed E-state index contributed by atoms with van der Waals surface area (Å²) in [5.74, 6) is 1.10. The van der Waals surface area contributed by atoms with Gasteiger partial charge in [-0.15, -0.1) is 10.2 Å². The zero-order valence-corrected chi connectivity index (χ0v) is 18.9. The summed E-state index contributed by atoms with van der Waals surface area (Å²) in [6, 6.07) is 6.37. The van der Waals surface area contributed by atoms with E-state index in [-0.39, 0.29) is 5.92 Å². The number of methoxy groups -OCH3 is 1. The topological polar surface area (TPSA) is 102 Å². The summed E-state index contributed by atoms with van der Waals surface area (Å²) in [5, 5.41) is 8.22. The molecule has 0 saturated carbocycles. The van der Waals surface area contributed by atoms with Crippen LogP contribution in [0.4, 0.5) is 15.8 Å². The summed E-state index contributed by atoms with van der Waals surface area (Å²) in [4.78, 5) is 5.91. The summed E-state index contributed by atoms with van der Waals surface area (Å²) in [5.41, 5.74) is 2.48. The van der Waals surface area contributed by atoms with Gasteiger partial charge in [-0.25, -0.2) is 13.4 Å². The van der Waals surface area contributed by atoms with Gasteiger partial charge >= 0.3 is 0 Å². The molecule has 1 N–H and O–H groups in total. The van der Waals surface area contributed by atoms with Crippen LogP contribution in [0.15, 0.2) is 36.8 Å². The lowest BCUT2D eigenvalue weighted by atomic mass is 9.94. The van der Waals surface area contributed by atoms with Crippen LogP contribution in [0.1, 0.15) is 24.6 Å². The Balaban J connectivity index is 1.76. The molecule has 0 aliphatic carbocycles. The fourth-order valence-electron chi connectivity index (χ4n) is 4.12. The van der Waals surface area contributed by atoms with Gasteiger partial charge in [-0.1, -0.05) is 0 Å². The Morgan fingerprint density at radius 1 is 1.22 bits per heavy atom.